The number of fused-ring (bicyclic) bond motifs is 3. The summed E-state index contributed by atoms with van der Waals surface area (Å²) >= 11 is 1.68. The summed E-state index contributed by atoms with van der Waals surface area (Å²) in [5.41, 5.74) is 4.43. The first-order chi connectivity index (χ1) is 15.9. The molecule has 0 radical (unpaired) electrons. The number of carbonyl (C=O) groups is 3. The molecule has 1 aliphatic carbocycles. The number of aliphatic carboxylic acids is 1. The van der Waals surface area contributed by atoms with Crippen molar-refractivity contribution < 1.29 is 24.2 Å². The Hall–Kier alpha value is -3.00. The number of benzene rings is 2. The van der Waals surface area contributed by atoms with E-state index in [4.69, 9.17) is 9.84 Å². The maximum absolute atomic E-state index is 12.7. The third-order valence-electron chi connectivity index (χ3n) is 5.74. The van der Waals surface area contributed by atoms with Crippen LogP contribution in [0, 0.1) is 0 Å². The van der Waals surface area contributed by atoms with E-state index in [1.807, 2.05) is 49.6 Å². The first-order valence-corrected chi connectivity index (χ1v) is 12.4. The summed E-state index contributed by atoms with van der Waals surface area (Å²) in [6, 6.07) is 15.0. The second kappa shape index (κ2) is 11.7. The van der Waals surface area contributed by atoms with Gasteiger partial charge in [0.25, 0.3) is 0 Å². The Bertz CT molecular complexity index is 951. The van der Waals surface area contributed by atoms with Crippen LogP contribution < -0.4 is 10.6 Å². The molecule has 0 heterocycles. The van der Waals surface area contributed by atoms with E-state index in [9.17, 15) is 14.4 Å². The first-order valence-electron chi connectivity index (χ1n) is 11.0. The third kappa shape index (κ3) is 6.51. The van der Waals surface area contributed by atoms with Gasteiger partial charge < -0.3 is 20.5 Å². The van der Waals surface area contributed by atoms with Crippen LogP contribution in [-0.4, -0.2) is 53.8 Å². The molecular weight excluding hydrogens is 440 g/mol. The minimum absolute atomic E-state index is 0.0133. The zero-order valence-electron chi connectivity index (χ0n) is 18.9. The van der Waals surface area contributed by atoms with Crippen molar-refractivity contribution in [3.8, 4) is 11.1 Å². The normalized spacial score (nSPS) is 14.0. The van der Waals surface area contributed by atoms with Crippen LogP contribution in [0.15, 0.2) is 48.5 Å². The Morgan fingerprint density at radius 2 is 1.61 bits per heavy atom. The van der Waals surface area contributed by atoms with Gasteiger partial charge in [0, 0.05) is 18.4 Å². The standard InChI is InChI=1S/C25H30N2O5S/c1-16(13-14-33-2)26-24(30)22(11-12-23(28)29)27-25(31)32-15-21-19-9-5-3-7-17(19)18-8-4-6-10-20(18)21/h3-10,16,21-22H,11-15H2,1-2H3,(H,26,30)(H,27,31)(H,28,29). The summed E-state index contributed by atoms with van der Waals surface area (Å²) in [4.78, 5) is 36.3. The van der Waals surface area contributed by atoms with Gasteiger partial charge >= 0.3 is 12.1 Å². The highest BCUT2D eigenvalue weighted by Crippen LogP contribution is 2.44. The molecule has 176 valence electrons. The highest BCUT2D eigenvalue weighted by Gasteiger charge is 2.30. The second-order valence-electron chi connectivity index (χ2n) is 8.15. The van der Waals surface area contributed by atoms with Crippen molar-refractivity contribution in [1.29, 1.82) is 0 Å². The number of hydrogen-bond acceptors (Lipinski definition) is 5. The molecule has 3 N–H and O–H groups in total. The van der Waals surface area contributed by atoms with Crippen LogP contribution in [0.1, 0.15) is 43.2 Å². The van der Waals surface area contributed by atoms with Crippen LogP contribution in [0.5, 0.6) is 0 Å². The molecule has 2 amide bonds. The molecule has 0 spiro atoms. The van der Waals surface area contributed by atoms with Crippen molar-refractivity contribution in [1.82, 2.24) is 10.6 Å². The van der Waals surface area contributed by atoms with Crippen LogP contribution in [0.2, 0.25) is 0 Å². The zero-order valence-corrected chi connectivity index (χ0v) is 19.7. The molecule has 0 saturated heterocycles. The maximum atomic E-state index is 12.7. The minimum atomic E-state index is -1.03. The predicted octanol–water partition coefficient (Wildman–Crippen LogP) is 4.02. The van der Waals surface area contributed by atoms with Gasteiger partial charge in [-0.2, -0.15) is 11.8 Å². The fraction of sp³-hybridized carbons (Fsp3) is 0.400. The molecule has 0 aliphatic heterocycles. The van der Waals surface area contributed by atoms with Crippen molar-refractivity contribution in [2.24, 2.45) is 0 Å². The number of carboxylic acids is 1. The molecule has 0 saturated carbocycles. The molecular formula is C25H30N2O5S. The van der Waals surface area contributed by atoms with Gasteiger partial charge in [-0.25, -0.2) is 4.79 Å². The Morgan fingerprint density at radius 1 is 1.00 bits per heavy atom. The van der Waals surface area contributed by atoms with Crippen LogP contribution in [0.3, 0.4) is 0 Å². The van der Waals surface area contributed by atoms with E-state index < -0.39 is 24.0 Å². The van der Waals surface area contributed by atoms with Crippen molar-refractivity contribution in [3.05, 3.63) is 59.7 Å². The van der Waals surface area contributed by atoms with Crippen LogP contribution in [-0.2, 0) is 14.3 Å². The van der Waals surface area contributed by atoms with Crippen LogP contribution in [0.4, 0.5) is 4.79 Å². The number of carbonyl (C=O) groups excluding carboxylic acids is 2. The fourth-order valence-electron chi connectivity index (χ4n) is 4.03. The van der Waals surface area contributed by atoms with Gasteiger partial charge in [0.15, 0.2) is 0 Å². The molecule has 1 aliphatic rings. The van der Waals surface area contributed by atoms with Gasteiger partial charge in [0.05, 0.1) is 0 Å². The monoisotopic (exact) mass is 470 g/mol. The van der Waals surface area contributed by atoms with E-state index in [2.05, 4.69) is 22.8 Å². The topological polar surface area (TPSA) is 105 Å². The number of carboxylic acid groups (broad SMARTS) is 1. The van der Waals surface area contributed by atoms with E-state index in [0.717, 1.165) is 34.4 Å². The second-order valence-corrected chi connectivity index (χ2v) is 9.13. The van der Waals surface area contributed by atoms with Crippen LogP contribution >= 0.6 is 11.8 Å². The number of nitrogens with one attached hydrogen (secondary N) is 2. The van der Waals surface area contributed by atoms with Gasteiger partial charge in [-0.3, -0.25) is 9.59 Å². The lowest BCUT2D eigenvalue weighted by molar-refractivity contribution is -0.137. The number of amides is 2. The van der Waals surface area contributed by atoms with Crippen molar-refractivity contribution in [3.63, 3.8) is 0 Å². The lowest BCUT2D eigenvalue weighted by Gasteiger charge is -2.21. The Morgan fingerprint density at radius 3 is 2.18 bits per heavy atom. The SMILES string of the molecule is CSCCC(C)NC(=O)C(CCC(=O)O)NC(=O)OCC1c2ccccc2-c2ccccc21. The van der Waals surface area contributed by atoms with E-state index in [1.54, 1.807) is 11.8 Å². The van der Waals surface area contributed by atoms with E-state index in [1.165, 1.54) is 0 Å². The highest BCUT2D eigenvalue weighted by atomic mass is 32.2. The third-order valence-corrected chi connectivity index (χ3v) is 6.39. The Labute approximate surface area is 198 Å². The molecule has 0 aromatic heterocycles. The fourth-order valence-corrected chi connectivity index (χ4v) is 4.62. The number of rotatable bonds is 11. The van der Waals surface area contributed by atoms with Gasteiger partial charge in [0.1, 0.15) is 12.6 Å². The number of ether oxygens (including phenoxy) is 1. The summed E-state index contributed by atoms with van der Waals surface area (Å²) in [7, 11) is 0. The van der Waals surface area contributed by atoms with Gasteiger partial charge in [0.2, 0.25) is 5.91 Å². The molecule has 7 nitrogen and oxygen atoms in total. The highest BCUT2D eigenvalue weighted by molar-refractivity contribution is 7.98. The molecule has 3 rings (SSSR count). The van der Waals surface area contributed by atoms with E-state index in [0.29, 0.717) is 0 Å². The number of hydrogen-bond donors (Lipinski definition) is 3. The van der Waals surface area contributed by atoms with Crippen LogP contribution in [0.25, 0.3) is 11.1 Å². The van der Waals surface area contributed by atoms with Gasteiger partial charge in [-0.05, 0) is 54.0 Å². The molecule has 2 aromatic rings. The Balaban J connectivity index is 1.63. The summed E-state index contributed by atoms with van der Waals surface area (Å²) in [6.45, 7) is 2.01. The summed E-state index contributed by atoms with van der Waals surface area (Å²) < 4.78 is 5.52. The van der Waals surface area contributed by atoms with Crippen molar-refractivity contribution in [2.45, 2.75) is 44.2 Å². The lowest BCUT2D eigenvalue weighted by atomic mass is 9.98. The van der Waals surface area contributed by atoms with E-state index in [-0.39, 0.29) is 31.4 Å². The van der Waals surface area contributed by atoms with Crippen molar-refractivity contribution >= 4 is 29.7 Å². The molecule has 0 fully saturated rings. The maximum Gasteiger partial charge on any atom is 0.407 e. The minimum Gasteiger partial charge on any atom is -0.481 e. The van der Waals surface area contributed by atoms with Gasteiger partial charge in [-0.15, -0.1) is 0 Å². The number of thioether (sulfide) groups is 1. The average molecular weight is 471 g/mol. The smallest absolute Gasteiger partial charge is 0.407 e. The van der Waals surface area contributed by atoms with Gasteiger partial charge in [-0.1, -0.05) is 48.5 Å². The molecule has 2 aromatic carbocycles. The molecule has 0 bridgehead atoms. The summed E-state index contributed by atoms with van der Waals surface area (Å²) in [6.07, 6.45) is 1.78. The molecule has 2 unspecified atom stereocenters. The largest absolute Gasteiger partial charge is 0.481 e. The zero-order chi connectivity index (χ0) is 23.8. The lowest BCUT2D eigenvalue weighted by Crippen LogP contribution is -2.49. The Kier molecular flexibility index (Phi) is 8.77. The average Bonchev–Trinajstić information content (AvgIpc) is 3.12. The molecule has 8 heteroatoms. The summed E-state index contributed by atoms with van der Waals surface area (Å²) in [5.74, 6) is -0.641. The first kappa shape index (κ1) is 24.6. The van der Waals surface area contributed by atoms with Crippen molar-refractivity contribution in [2.75, 3.05) is 18.6 Å². The predicted molar refractivity (Wildman–Crippen MR) is 129 cm³/mol. The van der Waals surface area contributed by atoms with E-state index >= 15 is 0 Å². The number of alkyl carbamates (subject to hydrolysis) is 1. The quantitative estimate of drug-likeness (QED) is 0.458. The summed E-state index contributed by atoms with van der Waals surface area (Å²) in [5, 5.41) is 14.4. The molecule has 33 heavy (non-hydrogen) atoms. The molecule has 2 atom stereocenters.